The maximum atomic E-state index is 13.1. The molecule has 0 heterocycles. The first-order valence-electron chi connectivity index (χ1n) is 11.3. The van der Waals surface area contributed by atoms with E-state index in [-0.39, 0.29) is 16.8 Å². The lowest BCUT2D eigenvalue weighted by atomic mass is 9.94. The summed E-state index contributed by atoms with van der Waals surface area (Å²) in [6.45, 7) is 3.67. The summed E-state index contributed by atoms with van der Waals surface area (Å²) in [5, 5.41) is 3.30. The fourth-order valence-corrected chi connectivity index (χ4v) is 5.97. The van der Waals surface area contributed by atoms with E-state index in [9.17, 15) is 13.2 Å². The van der Waals surface area contributed by atoms with Crippen LogP contribution in [0.4, 0.5) is 5.69 Å². The second-order valence-corrected chi connectivity index (χ2v) is 10.8. The molecule has 0 spiro atoms. The third kappa shape index (κ3) is 4.79. The van der Waals surface area contributed by atoms with Crippen molar-refractivity contribution in [1.82, 2.24) is 5.32 Å². The Morgan fingerprint density at radius 3 is 2.19 bits per heavy atom. The van der Waals surface area contributed by atoms with Crippen LogP contribution in [0, 0.1) is 13.8 Å². The van der Waals surface area contributed by atoms with Crippen LogP contribution in [0.5, 0.6) is 0 Å². The third-order valence-electron chi connectivity index (χ3n) is 6.70. The zero-order chi connectivity index (χ0) is 22.1. The Bertz CT molecular complexity index is 1050. The Morgan fingerprint density at radius 1 is 0.935 bits per heavy atom. The highest BCUT2D eigenvalue weighted by atomic mass is 32.2. The molecule has 2 aliphatic rings. The van der Waals surface area contributed by atoms with E-state index in [1.807, 2.05) is 31.2 Å². The molecule has 6 heteroatoms. The number of anilines is 1. The number of sulfonamides is 1. The van der Waals surface area contributed by atoms with Crippen LogP contribution >= 0.6 is 0 Å². The maximum absolute atomic E-state index is 13.1. The van der Waals surface area contributed by atoms with Crippen molar-refractivity contribution in [2.24, 2.45) is 0 Å². The molecule has 0 aromatic heterocycles. The lowest BCUT2D eigenvalue weighted by Gasteiger charge is -2.22. The van der Waals surface area contributed by atoms with Gasteiger partial charge in [-0.2, -0.15) is 0 Å². The molecule has 31 heavy (non-hydrogen) atoms. The van der Waals surface area contributed by atoms with Crippen LogP contribution in [-0.4, -0.2) is 20.4 Å². The Balaban J connectivity index is 1.46. The second kappa shape index (κ2) is 8.65. The number of benzene rings is 2. The lowest BCUT2D eigenvalue weighted by Crippen LogP contribution is -2.41. The van der Waals surface area contributed by atoms with E-state index in [0.29, 0.717) is 11.3 Å². The van der Waals surface area contributed by atoms with E-state index in [1.54, 1.807) is 25.1 Å². The predicted molar refractivity (Wildman–Crippen MR) is 124 cm³/mol. The molecule has 2 aromatic carbocycles. The van der Waals surface area contributed by atoms with Crippen LogP contribution in [-0.2, 0) is 20.2 Å². The molecule has 0 aliphatic heterocycles. The predicted octanol–water partition coefficient (Wildman–Crippen LogP) is 4.97. The van der Waals surface area contributed by atoms with Gasteiger partial charge in [0.2, 0.25) is 5.91 Å². The molecule has 2 aromatic rings. The van der Waals surface area contributed by atoms with E-state index in [1.165, 1.54) is 25.7 Å². The molecular weight excluding hydrogens is 408 g/mol. The highest BCUT2D eigenvalue weighted by Crippen LogP contribution is 2.49. The Morgan fingerprint density at radius 2 is 1.58 bits per heavy atom. The molecule has 0 atom stereocenters. The van der Waals surface area contributed by atoms with Gasteiger partial charge in [0.25, 0.3) is 10.0 Å². The average molecular weight is 441 g/mol. The molecule has 0 radical (unpaired) electrons. The Hall–Kier alpha value is -2.34. The minimum atomic E-state index is -3.67. The fraction of sp³-hybridized carbons (Fsp3) is 0.480. The van der Waals surface area contributed by atoms with Gasteiger partial charge in [-0.15, -0.1) is 0 Å². The number of nitrogens with one attached hydrogen (secondary N) is 2. The van der Waals surface area contributed by atoms with Gasteiger partial charge in [0, 0.05) is 11.7 Å². The summed E-state index contributed by atoms with van der Waals surface area (Å²) < 4.78 is 28.4. The molecule has 166 valence electrons. The zero-order valence-electron chi connectivity index (χ0n) is 18.4. The van der Waals surface area contributed by atoms with Gasteiger partial charge in [0.05, 0.1) is 10.3 Å². The number of hydrogen-bond donors (Lipinski definition) is 2. The molecule has 1 amide bonds. The minimum Gasteiger partial charge on any atom is -0.353 e. The number of hydrogen-bond acceptors (Lipinski definition) is 3. The average Bonchev–Trinajstić information content (AvgIpc) is 3.56. The molecular formula is C25H32N2O3S. The van der Waals surface area contributed by atoms with Gasteiger partial charge in [-0.05, 0) is 74.4 Å². The van der Waals surface area contributed by atoms with Crippen molar-refractivity contribution in [3.8, 4) is 0 Å². The first-order chi connectivity index (χ1) is 14.8. The van der Waals surface area contributed by atoms with E-state index >= 15 is 0 Å². The van der Waals surface area contributed by atoms with Gasteiger partial charge in [0.15, 0.2) is 0 Å². The summed E-state index contributed by atoms with van der Waals surface area (Å²) in [5.41, 5.74) is 2.63. The van der Waals surface area contributed by atoms with Crippen molar-refractivity contribution in [2.75, 3.05) is 4.72 Å². The zero-order valence-corrected chi connectivity index (χ0v) is 19.2. The van der Waals surface area contributed by atoms with Gasteiger partial charge in [-0.3, -0.25) is 9.52 Å². The van der Waals surface area contributed by atoms with E-state index in [2.05, 4.69) is 10.0 Å². The van der Waals surface area contributed by atoms with E-state index < -0.39 is 15.4 Å². The van der Waals surface area contributed by atoms with E-state index in [4.69, 9.17) is 0 Å². The van der Waals surface area contributed by atoms with Crippen LogP contribution in [0.15, 0.2) is 47.4 Å². The first-order valence-corrected chi connectivity index (χ1v) is 12.8. The van der Waals surface area contributed by atoms with Crippen LogP contribution in [0.3, 0.4) is 0 Å². The fourth-order valence-electron chi connectivity index (χ4n) is 4.58. The van der Waals surface area contributed by atoms with Crippen molar-refractivity contribution < 1.29 is 13.2 Å². The molecule has 2 aliphatic carbocycles. The summed E-state index contributed by atoms with van der Waals surface area (Å²) in [7, 11) is -3.67. The highest BCUT2D eigenvalue weighted by Gasteiger charge is 2.51. The molecule has 2 fully saturated rings. The molecule has 4 rings (SSSR count). The van der Waals surface area contributed by atoms with Crippen molar-refractivity contribution in [3.05, 3.63) is 59.2 Å². The monoisotopic (exact) mass is 440 g/mol. The van der Waals surface area contributed by atoms with Gasteiger partial charge in [-0.25, -0.2) is 8.42 Å². The molecule has 5 nitrogen and oxygen atoms in total. The number of carbonyl (C=O) groups excluding carboxylic acids is 1. The summed E-state index contributed by atoms with van der Waals surface area (Å²) in [6.07, 6.45) is 8.73. The lowest BCUT2D eigenvalue weighted by molar-refractivity contribution is -0.124. The molecule has 2 N–H and O–H groups in total. The van der Waals surface area contributed by atoms with Gasteiger partial charge in [0.1, 0.15) is 0 Å². The first kappa shape index (κ1) is 21.9. The summed E-state index contributed by atoms with van der Waals surface area (Å²) in [5.74, 6) is 0.128. The topological polar surface area (TPSA) is 75.3 Å². The SMILES string of the molecule is Cc1ccc(C)c(S(=O)(=O)Nc2ccc(C3(C(=O)NC4CCCCCC4)CC3)cc2)c1. The summed E-state index contributed by atoms with van der Waals surface area (Å²) in [4.78, 5) is 13.3. The summed E-state index contributed by atoms with van der Waals surface area (Å²) >= 11 is 0. The normalized spacial score (nSPS) is 18.8. The van der Waals surface area contributed by atoms with Crippen molar-refractivity contribution in [2.45, 2.75) is 81.6 Å². The van der Waals surface area contributed by atoms with Crippen molar-refractivity contribution in [3.63, 3.8) is 0 Å². The molecule has 0 bridgehead atoms. The molecule has 0 saturated heterocycles. The maximum Gasteiger partial charge on any atom is 0.262 e. The third-order valence-corrected chi connectivity index (χ3v) is 8.22. The number of amides is 1. The van der Waals surface area contributed by atoms with Crippen LogP contribution in [0.1, 0.15) is 68.1 Å². The number of carbonyl (C=O) groups is 1. The highest BCUT2D eigenvalue weighted by molar-refractivity contribution is 7.92. The molecule has 2 saturated carbocycles. The van der Waals surface area contributed by atoms with Crippen LogP contribution in [0.2, 0.25) is 0 Å². The van der Waals surface area contributed by atoms with Gasteiger partial charge in [-0.1, -0.05) is 49.9 Å². The Labute approximate surface area is 185 Å². The number of aryl methyl sites for hydroxylation is 2. The van der Waals surface area contributed by atoms with E-state index in [0.717, 1.165) is 36.8 Å². The van der Waals surface area contributed by atoms with Crippen molar-refractivity contribution in [1.29, 1.82) is 0 Å². The Kier molecular flexibility index (Phi) is 6.11. The summed E-state index contributed by atoms with van der Waals surface area (Å²) in [6, 6.07) is 13.0. The van der Waals surface area contributed by atoms with Crippen LogP contribution in [0.25, 0.3) is 0 Å². The van der Waals surface area contributed by atoms with Crippen LogP contribution < -0.4 is 10.0 Å². The van der Waals surface area contributed by atoms with Gasteiger partial charge >= 0.3 is 0 Å². The molecule has 0 unspecified atom stereocenters. The largest absolute Gasteiger partial charge is 0.353 e. The van der Waals surface area contributed by atoms with Gasteiger partial charge < -0.3 is 5.32 Å². The minimum absolute atomic E-state index is 0.128. The second-order valence-electron chi connectivity index (χ2n) is 9.20. The smallest absolute Gasteiger partial charge is 0.262 e. The standard InChI is InChI=1S/C25H32N2O3S/c1-18-9-10-19(2)23(17-18)31(29,30)27-22-13-11-20(12-14-22)25(15-16-25)24(28)26-21-7-5-3-4-6-8-21/h9-14,17,21,27H,3-8,15-16H2,1-2H3,(H,26,28). The number of rotatable bonds is 6. The quantitative estimate of drug-likeness (QED) is 0.623. The van der Waals surface area contributed by atoms with Crippen molar-refractivity contribution >= 4 is 21.6 Å².